The Morgan fingerprint density at radius 1 is 1.44 bits per heavy atom. The van der Waals surface area contributed by atoms with Crippen molar-refractivity contribution in [3.63, 3.8) is 0 Å². The van der Waals surface area contributed by atoms with Crippen LogP contribution < -0.4 is 5.32 Å². The number of carbonyl (C=O) groups is 2. The molecule has 0 fully saturated rings. The van der Waals surface area contributed by atoms with Crippen LogP contribution in [0.15, 0.2) is 0 Å². The molecule has 0 radical (unpaired) electrons. The SMILES string of the molecule is C#CCCCCNC(=O)N(CC)CC(=O)O. The van der Waals surface area contributed by atoms with E-state index in [1.807, 2.05) is 0 Å². The van der Waals surface area contributed by atoms with E-state index in [0.717, 1.165) is 12.8 Å². The van der Waals surface area contributed by atoms with Crippen LogP contribution in [-0.4, -0.2) is 41.6 Å². The summed E-state index contributed by atoms with van der Waals surface area (Å²) in [4.78, 5) is 23.1. The third-order valence-corrected chi connectivity index (χ3v) is 2.02. The van der Waals surface area contributed by atoms with Gasteiger partial charge in [-0.15, -0.1) is 12.3 Å². The zero-order chi connectivity index (χ0) is 12.4. The van der Waals surface area contributed by atoms with E-state index in [9.17, 15) is 9.59 Å². The van der Waals surface area contributed by atoms with E-state index in [0.29, 0.717) is 19.5 Å². The number of carboxylic acids is 1. The van der Waals surface area contributed by atoms with Crippen LogP contribution in [0.1, 0.15) is 26.2 Å². The molecule has 0 heterocycles. The number of hydrogen-bond acceptors (Lipinski definition) is 2. The van der Waals surface area contributed by atoms with Crippen LogP contribution in [0.3, 0.4) is 0 Å². The molecular weight excluding hydrogens is 208 g/mol. The second-order valence-electron chi connectivity index (χ2n) is 3.30. The first-order chi connectivity index (χ1) is 7.61. The Bertz CT molecular complexity index is 271. The Labute approximate surface area is 95.8 Å². The number of likely N-dealkylation sites (N-methyl/N-ethyl adjacent to an activating group) is 1. The molecule has 5 nitrogen and oxygen atoms in total. The standard InChI is InChI=1S/C11H18N2O3/c1-3-5-6-7-8-12-11(16)13(4-2)9-10(14)15/h1H,4-9H2,2H3,(H,12,16)(H,14,15). The lowest BCUT2D eigenvalue weighted by Gasteiger charge is -2.18. The Hall–Kier alpha value is -1.70. The third-order valence-electron chi connectivity index (χ3n) is 2.02. The van der Waals surface area contributed by atoms with Crippen molar-refractivity contribution in [2.24, 2.45) is 0 Å². The molecule has 0 aliphatic carbocycles. The lowest BCUT2D eigenvalue weighted by molar-refractivity contribution is -0.137. The van der Waals surface area contributed by atoms with E-state index >= 15 is 0 Å². The maximum atomic E-state index is 11.5. The first kappa shape index (κ1) is 14.3. The average Bonchev–Trinajstić information content (AvgIpc) is 2.25. The molecule has 0 saturated carbocycles. The minimum Gasteiger partial charge on any atom is -0.480 e. The van der Waals surface area contributed by atoms with Crippen molar-refractivity contribution < 1.29 is 14.7 Å². The number of urea groups is 1. The van der Waals surface area contributed by atoms with Gasteiger partial charge in [0.05, 0.1) is 0 Å². The number of amides is 2. The Morgan fingerprint density at radius 2 is 2.12 bits per heavy atom. The fourth-order valence-corrected chi connectivity index (χ4v) is 1.15. The van der Waals surface area contributed by atoms with Gasteiger partial charge in [0.15, 0.2) is 0 Å². The van der Waals surface area contributed by atoms with Crippen LogP contribution in [0.4, 0.5) is 4.79 Å². The van der Waals surface area contributed by atoms with Crippen LogP contribution in [0, 0.1) is 12.3 Å². The summed E-state index contributed by atoms with van der Waals surface area (Å²) in [5.41, 5.74) is 0. The molecule has 0 bridgehead atoms. The van der Waals surface area contributed by atoms with E-state index in [4.69, 9.17) is 11.5 Å². The largest absolute Gasteiger partial charge is 0.480 e. The van der Waals surface area contributed by atoms with Crippen LogP contribution >= 0.6 is 0 Å². The fourth-order valence-electron chi connectivity index (χ4n) is 1.15. The van der Waals surface area contributed by atoms with E-state index in [2.05, 4.69) is 11.2 Å². The van der Waals surface area contributed by atoms with Gasteiger partial charge in [-0.3, -0.25) is 4.79 Å². The van der Waals surface area contributed by atoms with Crippen molar-refractivity contribution in [1.29, 1.82) is 0 Å². The molecule has 0 aliphatic rings. The molecule has 0 aromatic carbocycles. The summed E-state index contributed by atoms with van der Waals surface area (Å²) in [5, 5.41) is 11.2. The molecule has 0 spiro atoms. The second-order valence-corrected chi connectivity index (χ2v) is 3.30. The molecule has 0 saturated heterocycles. The molecule has 16 heavy (non-hydrogen) atoms. The number of rotatable bonds is 7. The average molecular weight is 226 g/mol. The van der Waals surface area contributed by atoms with Gasteiger partial charge in [-0.2, -0.15) is 0 Å². The first-order valence-electron chi connectivity index (χ1n) is 5.29. The number of unbranched alkanes of at least 4 members (excludes halogenated alkanes) is 2. The smallest absolute Gasteiger partial charge is 0.323 e. The summed E-state index contributed by atoms with van der Waals surface area (Å²) < 4.78 is 0. The highest BCUT2D eigenvalue weighted by Crippen LogP contribution is 1.93. The molecule has 0 aromatic heterocycles. The van der Waals surface area contributed by atoms with Crippen LogP contribution in [0.2, 0.25) is 0 Å². The van der Waals surface area contributed by atoms with Crippen molar-refractivity contribution in [2.75, 3.05) is 19.6 Å². The molecule has 0 unspecified atom stereocenters. The van der Waals surface area contributed by atoms with Crippen molar-refractivity contribution in [3.8, 4) is 12.3 Å². The van der Waals surface area contributed by atoms with Gasteiger partial charge in [-0.05, 0) is 19.8 Å². The fraction of sp³-hybridized carbons (Fsp3) is 0.636. The van der Waals surface area contributed by atoms with Crippen molar-refractivity contribution in [1.82, 2.24) is 10.2 Å². The van der Waals surface area contributed by atoms with Crippen molar-refractivity contribution in [2.45, 2.75) is 26.2 Å². The molecule has 2 N–H and O–H groups in total. The lowest BCUT2D eigenvalue weighted by atomic mass is 10.2. The summed E-state index contributed by atoms with van der Waals surface area (Å²) >= 11 is 0. The van der Waals surface area contributed by atoms with Gasteiger partial charge in [-0.25, -0.2) is 4.79 Å². The van der Waals surface area contributed by atoms with Gasteiger partial charge in [0.1, 0.15) is 6.54 Å². The summed E-state index contributed by atoms with van der Waals surface area (Å²) in [5.74, 6) is 1.51. The molecule has 90 valence electrons. The highest BCUT2D eigenvalue weighted by Gasteiger charge is 2.13. The van der Waals surface area contributed by atoms with Gasteiger partial charge < -0.3 is 15.3 Å². The van der Waals surface area contributed by atoms with Gasteiger partial charge in [0.2, 0.25) is 0 Å². The number of nitrogens with one attached hydrogen (secondary N) is 1. The Morgan fingerprint density at radius 3 is 2.62 bits per heavy atom. The molecular formula is C11H18N2O3. The number of carboxylic acid groups (broad SMARTS) is 1. The first-order valence-corrected chi connectivity index (χ1v) is 5.29. The summed E-state index contributed by atoms with van der Waals surface area (Å²) in [6.45, 7) is 2.37. The quantitative estimate of drug-likeness (QED) is 0.500. The molecule has 0 rings (SSSR count). The highest BCUT2D eigenvalue weighted by molar-refractivity contribution is 5.79. The van der Waals surface area contributed by atoms with Crippen LogP contribution in [-0.2, 0) is 4.79 Å². The number of carbonyl (C=O) groups excluding carboxylic acids is 1. The molecule has 0 aromatic rings. The summed E-state index contributed by atoms with van der Waals surface area (Å²) in [7, 11) is 0. The topological polar surface area (TPSA) is 69.6 Å². The molecule has 0 atom stereocenters. The highest BCUT2D eigenvalue weighted by atomic mass is 16.4. The Kier molecular flexibility index (Phi) is 7.68. The minimum atomic E-state index is -1.01. The lowest BCUT2D eigenvalue weighted by Crippen LogP contribution is -2.42. The predicted molar refractivity (Wildman–Crippen MR) is 61.0 cm³/mol. The van der Waals surface area contributed by atoms with Crippen LogP contribution in [0.25, 0.3) is 0 Å². The number of nitrogens with zero attached hydrogens (tertiary/aromatic N) is 1. The second kappa shape index (κ2) is 8.60. The van der Waals surface area contributed by atoms with Crippen molar-refractivity contribution >= 4 is 12.0 Å². The number of aliphatic carboxylic acids is 1. The van der Waals surface area contributed by atoms with Crippen molar-refractivity contribution in [3.05, 3.63) is 0 Å². The Balaban J connectivity index is 3.76. The molecule has 0 aliphatic heterocycles. The van der Waals surface area contributed by atoms with Gasteiger partial charge in [0, 0.05) is 19.5 Å². The zero-order valence-corrected chi connectivity index (χ0v) is 9.53. The summed E-state index contributed by atoms with van der Waals surface area (Å²) in [6.07, 6.45) is 7.45. The minimum absolute atomic E-state index is 0.271. The zero-order valence-electron chi connectivity index (χ0n) is 9.53. The van der Waals surface area contributed by atoms with Gasteiger partial charge >= 0.3 is 12.0 Å². The summed E-state index contributed by atoms with van der Waals surface area (Å²) in [6, 6.07) is -0.342. The maximum Gasteiger partial charge on any atom is 0.323 e. The van der Waals surface area contributed by atoms with E-state index in [-0.39, 0.29) is 12.6 Å². The number of terminal acetylenes is 1. The number of hydrogen-bond donors (Lipinski definition) is 2. The third kappa shape index (κ3) is 6.71. The maximum absolute atomic E-state index is 11.5. The van der Waals surface area contributed by atoms with E-state index in [1.165, 1.54) is 4.90 Å². The van der Waals surface area contributed by atoms with E-state index < -0.39 is 5.97 Å². The van der Waals surface area contributed by atoms with E-state index in [1.54, 1.807) is 6.92 Å². The van der Waals surface area contributed by atoms with Gasteiger partial charge in [-0.1, -0.05) is 0 Å². The van der Waals surface area contributed by atoms with Crippen LogP contribution in [0.5, 0.6) is 0 Å². The molecule has 5 heteroatoms. The van der Waals surface area contributed by atoms with Gasteiger partial charge in [0.25, 0.3) is 0 Å². The predicted octanol–water partition coefficient (Wildman–Crippen LogP) is 0.906. The molecule has 2 amide bonds. The monoisotopic (exact) mass is 226 g/mol. The normalized spacial score (nSPS) is 9.25.